The number of pyridine rings is 1. The summed E-state index contributed by atoms with van der Waals surface area (Å²) in [5.74, 6) is -3.03. The van der Waals surface area contributed by atoms with Crippen LogP contribution in [0.2, 0.25) is 0 Å². The van der Waals surface area contributed by atoms with E-state index in [4.69, 9.17) is 11.6 Å². The number of rotatable bonds is 5. The van der Waals surface area contributed by atoms with E-state index >= 15 is 0 Å². The summed E-state index contributed by atoms with van der Waals surface area (Å²) in [5, 5.41) is 0. The zero-order valence-electron chi connectivity index (χ0n) is 10.5. The van der Waals surface area contributed by atoms with Gasteiger partial charge < -0.3 is 9.47 Å². The van der Waals surface area contributed by atoms with Gasteiger partial charge in [0, 0.05) is 0 Å². The Balaban J connectivity index is 3.46. The first-order chi connectivity index (χ1) is 9.69. The number of carbonyl (C=O) groups excluding carboxylic acids is 1. The Morgan fingerprint density at radius 1 is 1.43 bits per heavy atom. The largest absolute Gasteiger partial charge is 0.574 e. The van der Waals surface area contributed by atoms with Gasteiger partial charge in [-0.25, -0.2) is 18.6 Å². The molecular weight excluding hydrogens is 325 g/mol. The fraction of sp³-hybridized carbons (Fsp3) is 0.455. The van der Waals surface area contributed by atoms with Crippen LogP contribution in [0.1, 0.15) is 35.0 Å². The number of nitrogens with zero attached hydrogens (tertiary/aromatic N) is 1. The maximum atomic E-state index is 13.0. The minimum absolute atomic E-state index is 0.143. The molecule has 1 rings (SSSR count). The van der Waals surface area contributed by atoms with E-state index in [1.54, 1.807) is 0 Å². The predicted molar refractivity (Wildman–Crippen MR) is 61.4 cm³/mol. The Morgan fingerprint density at radius 3 is 2.48 bits per heavy atom. The maximum absolute atomic E-state index is 13.0. The van der Waals surface area contributed by atoms with Gasteiger partial charge in [-0.2, -0.15) is 0 Å². The zero-order valence-corrected chi connectivity index (χ0v) is 11.3. The van der Waals surface area contributed by atoms with Crippen LogP contribution < -0.4 is 4.74 Å². The average Bonchev–Trinajstić information content (AvgIpc) is 2.35. The van der Waals surface area contributed by atoms with Gasteiger partial charge in [0.05, 0.1) is 29.3 Å². The minimum atomic E-state index is -5.24. The van der Waals surface area contributed by atoms with E-state index in [2.05, 4.69) is 14.5 Å². The summed E-state index contributed by atoms with van der Waals surface area (Å²) >= 11 is 5.42. The normalized spacial score (nSPS) is 11.6. The number of aromatic nitrogens is 1. The van der Waals surface area contributed by atoms with Crippen LogP contribution in [0.15, 0.2) is 6.07 Å². The van der Waals surface area contributed by atoms with Gasteiger partial charge in [-0.15, -0.1) is 24.8 Å². The van der Waals surface area contributed by atoms with Crippen molar-refractivity contribution in [2.75, 3.05) is 6.61 Å². The predicted octanol–water partition coefficient (Wildman–Crippen LogP) is 3.83. The number of carbonyl (C=O) groups is 1. The molecule has 0 bridgehead atoms. The molecule has 0 saturated heterocycles. The van der Waals surface area contributed by atoms with Gasteiger partial charge in [-0.1, -0.05) is 0 Å². The Kier molecular flexibility index (Phi) is 5.70. The van der Waals surface area contributed by atoms with Crippen molar-refractivity contribution in [1.82, 2.24) is 4.98 Å². The Hall–Kier alpha value is -1.64. The van der Waals surface area contributed by atoms with E-state index < -0.39 is 41.6 Å². The van der Waals surface area contributed by atoms with Crippen molar-refractivity contribution in [3.05, 3.63) is 22.9 Å². The van der Waals surface area contributed by atoms with Gasteiger partial charge in [0.25, 0.3) is 6.43 Å². The molecule has 1 aromatic rings. The standard InChI is InChI=1S/C11H9ClF5NO3/c1-2-20-10(19)6-3-5(4-12)18-9(7(6)8(13)14)21-11(15,16)17/h3,8H,2,4H2,1H3. The lowest BCUT2D eigenvalue weighted by Crippen LogP contribution is -2.21. The first-order valence-electron chi connectivity index (χ1n) is 5.50. The quantitative estimate of drug-likeness (QED) is 0.467. The summed E-state index contributed by atoms with van der Waals surface area (Å²) in [5.41, 5.74) is -2.29. The van der Waals surface area contributed by atoms with E-state index in [0.717, 1.165) is 6.07 Å². The van der Waals surface area contributed by atoms with E-state index in [9.17, 15) is 26.7 Å². The van der Waals surface area contributed by atoms with Gasteiger partial charge in [0.2, 0.25) is 5.88 Å². The van der Waals surface area contributed by atoms with Gasteiger partial charge in [0.15, 0.2) is 0 Å². The van der Waals surface area contributed by atoms with Crippen molar-refractivity contribution in [3.8, 4) is 5.88 Å². The SMILES string of the molecule is CCOC(=O)c1cc(CCl)nc(OC(F)(F)F)c1C(F)F. The molecule has 1 aromatic heterocycles. The van der Waals surface area contributed by atoms with Gasteiger partial charge in [-0.05, 0) is 13.0 Å². The fourth-order valence-corrected chi connectivity index (χ4v) is 1.56. The lowest BCUT2D eigenvalue weighted by Gasteiger charge is -2.15. The summed E-state index contributed by atoms with van der Waals surface area (Å²) in [6.45, 7) is 1.27. The van der Waals surface area contributed by atoms with E-state index in [1.165, 1.54) is 6.92 Å². The number of hydrogen-bond acceptors (Lipinski definition) is 4. The first-order valence-corrected chi connectivity index (χ1v) is 6.03. The topological polar surface area (TPSA) is 48.4 Å². The molecule has 0 saturated carbocycles. The second kappa shape index (κ2) is 6.88. The molecule has 4 nitrogen and oxygen atoms in total. The monoisotopic (exact) mass is 333 g/mol. The molecule has 0 unspecified atom stereocenters. The van der Waals surface area contributed by atoms with Crippen molar-refractivity contribution < 1.29 is 36.2 Å². The second-order valence-electron chi connectivity index (χ2n) is 3.58. The highest BCUT2D eigenvalue weighted by Crippen LogP contribution is 2.35. The van der Waals surface area contributed by atoms with Crippen LogP contribution in [0.3, 0.4) is 0 Å². The van der Waals surface area contributed by atoms with E-state index in [-0.39, 0.29) is 12.3 Å². The lowest BCUT2D eigenvalue weighted by molar-refractivity contribution is -0.276. The van der Waals surface area contributed by atoms with Crippen molar-refractivity contribution in [2.24, 2.45) is 0 Å². The molecule has 1 heterocycles. The van der Waals surface area contributed by atoms with E-state index in [0.29, 0.717) is 0 Å². The Morgan fingerprint density at radius 2 is 2.05 bits per heavy atom. The number of ether oxygens (including phenoxy) is 2. The summed E-state index contributed by atoms with van der Waals surface area (Å²) in [4.78, 5) is 14.8. The molecule has 0 aliphatic rings. The number of hydrogen-bond donors (Lipinski definition) is 0. The molecular formula is C11H9ClF5NO3. The smallest absolute Gasteiger partial charge is 0.462 e. The molecule has 0 aliphatic heterocycles. The van der Waals surface area contributed by atoms with E-state index in [1.807, 2.05) is 0 Å². The minimum Gasteiger partial charge on any atom is -0.462 e. The molecule has 0 spiro atoms. The van der Waals surface area contributed by atoms with Crippen molar-refractivity contribution in [3.63, 3.8) is 0 Å². The zero-order chi connectivity index (χ0) is 16.2. The van der Waals surface area contributed by atoms with Gasteiger partial charge in [-0.3, -0.25) is 0 Å². The molecule has 0 atom stereocenters. The molecule has 118 valence electrons. The van der Waals surface area contributed by atoms with Crippen LogP contribution in [0.25, 0.3) is 0 Å². The third kappa shape index (κ3) is 4.69. The number of esters is 1. The maximum Gasteiger partial charge on any atom is 0.574 e. The highest BCUT2D eigenvalue weighted by atomic mass is 35.5. The average molecular weight is 334 g/mol. The van der Waals surface area contributed by atoms with Gasteiger partial charge >= 0.3 is 12.3 Å². The molecule has 21 heavy (non-hydrogen) atoms. The van der Waals surface area contributed by atoms with Crippen LogP contribution in [-0.2, 0) is 10.6 Å². The number of alkyl halides is 6. The molecule has 0 fully saturated rings. The Bertz CT molecular complexity index is 521. The van der Waals surface area contributed by atoms with Crippen LogP contribution >= 0.6 is 11.6 Å². The highest BCUT2D eigenvalue weighted by molar-refractivity contribution is 6.17. The highest BCUT2D eigenvalue weighted by Gasteiger charge is 2.36. The Labute approximate surface area is 120 Å². The fourth-order valence-electron chi connectivity index (χ4n) is 1.43. The molecule has 0 N–H and O–H groups in total. The van der Waals surface area contributed by atoms with Crippen LogP contribution in [0, 0.1) is 0 Å². The van der Waals surface area contributed by atoms with Crippen molar-refractivity contribution in [1.29, 1.82) is 0 Å². The molecule has 10 heteroatoms. The van der Waals surface area contributed by atoms with Crippen LogP contribution in [0.4, 0.5) is 22.0 Å². The number of halogens is 6. The van der Waals surface area contributed by atoms with Crippen molar-refractivity contribution in [2.45, 2.75) is 25.6 Å². The van der Waals surface area contributed by atoms with Crippen LogP contribution in [0.5, 0.6) is 5.88 Å². The molecule has 0 aliphatic carbocycles. The third-order valence-corrected chi connectivity index (χ3v) is 2.41. The van der Waals surface area contributed by atoms with Gasteiger partial charge in [0.1, 0.15) is 0 Å². The first kappa shape index (κ1) is 17.4. The molecule has 0 radical (unpaired) electrons. The van der Waals surface area contributed by atoms with Crippen LogP contribution in [-0.4, -0.2) is 23.9 Å². The summed E-state index contributed by atoms with van der Waals surface area (Å²) in [7, 11) is 0. The second-order valence-corrected chi connectivity index (χ2v) is 3.85. The summed E-state index contributed by atoms with van der Waals surface area (Å²) < 4.78 is 70.6. The summed E-state index contributed by atoms with van der Waals surface area (Å²) in [6, 6.07) is 0.843. The van der Waals surface area contributed by atoms with Crippen molar-refractivity contribution >= 4 is 17.6 Å². The summed E-state index contributed by atoms with van der Waals surface area (Å²) in [6.07, 6.45) is -8.66. The molecule has 0 amide bonds. The lowest BCUT2D eigenvalue weighted by atomic mass is 10.1. The molecule has 0 aromatic carbocycles. The third-order valence-electron chi connectivity index (χ3n) is 2.14.